The number of amides is 2. The molecule has 92 valence electrons. The maximum absolute atomic E-state index is 11.7. The van der Waals surface area contributed by atoms with Gasteiger partial charge in [0, 0.05) is 24.2 Å². The second kappa shape index (κ2) is 5.80. The number of anilines is 1. The fraction of sp³-hybridized carbons (Fsp3) is 0.300. The number of hydrogen-bond acceptors (Lipinski definition) is 5. The maximum atomic E-state index is 11.7. The van der Waals surface area contributed by atoms with Crippen LogP contribution >= 0.6 is 0 Å². The number of pyridine rings is 1. The number of nitrogens with one attached hydrogen (secondary N) is 2. The zero-order valence-corrected chi connectivity index (χ0v) is 9.43. The third-order valence-corrected chi connectivity index (χ3v) is 2.05. The first-order valence-electron chi connectivity index (χ1n) is 5.04. The van der Waals surface area contributed by atoms with E-state index < -0.39 is 5.91 Å². The predicted molar refractivity (Wildman–Crippen MR) is 62.8 cm³/mol. The van der Waals surface area contributed by atoms with E-state index in [2.05, 4.69) is 15.7 Å². The Morgan fingerprint density at radius 2 is 2.24 bits per heavy atom. The van der Waals surface area contributed by atoms with Crippen LogP contribution in [0.5, 0.6) is 0 Å². The van der Waals surface area contributed by atoms with Gasteiger partial charge in [-0.15, -0.1) is 0 Å². The quantitative estimate of drug-likeness (QED) is 0.400. The number of hydrazine groups is 1. The number of nitrogen functional groups attached to an aromatic ring is 1. The van der Waals surface area contributed by atoms with E-state index >= 15 is 0 Å². The van der Waals surface area contributed by atoms with Crippen LogP contribution in [0.1, 0.15) is 23.7 Å². The highest BCUT2D eigenvalue weighted by atomic mass is 16.2. The number of nitrogens with zero attached hydrogens (tertiary/aromatic N) is 1. The standard InChI is InChI=1S/C10H15N5O2/c1-6(4-8(11)16)14-10(17)7-2-3-13-9(5-7)15-12/h2-3,5-6H,4,12H2,1H3,(H2,11,16)(H,13,15)(H,14,17). The van der Waals surface area contributed by atoms with Crippen LogP contribution in [-0.2, 0) is 4.79 Å². The molecule has 1 rings (SSSR count). The van der Waals surface area contributed by atoms with E-state index in [9.17, 15) is 9.59 Å². The number of aromatic nitrogens is 1. The summed E-state index contributed by atoms with van der Waals surface area (Å²) in [6, 6.07) is 2.74. The van der Waals surface area contributed by atoms with Crippen molar-refractivity contribution in [2.24, 2.45) is 11.6 Å². The van der Waals surface area contributed by atoms with Crippen LogP contribution in [0, 0.1) is 0 Å². The minimum atomic E-state index is -0.461. The topological polar surface area (TPSA) is 123 Å². The van der Waals surface area contributed by atoms with Crippen molar-refractivity contribution in [1.82, 2.24) is 10.3 Å². The number of rotatable bonds is 5. The lowest BCUT2D eigenvalue weighted by molar-refractivity contribution is -0.118. The van der Waals surface area contributed by atoms with E-state index in [0.717, 1.165) is 0 Å². The number of nitrogens with two attached hydrogens (primary N) is 2. The molecule has 7 heteroatoms. The Kier molecular flexibility index (Phi) is 4.41. The van der Waals surface area contributed by atoms with Gasteiger partial charge in [-0.1, -0.05) is 0 Å². The molecule has 17 heavy (non-hydrogen) atoms. The van der Waals surface area contributed by atoms with E-state index in [-0.39, 0.29) is 18.4 Å². The van der Waals surface area contributed by atoms with E-state index in [4.69, 9.17) is 11.6 Å². The lowest BCUT2D eigenvalue weighted by atomic mass is 10.2. The number of carbonyl (C=O) groups is 2. The third kappa shape index (κ3) is 4.07. The lowest BCUT2D eigenvalue weighted by Crippen LogP contribution is -2.35. The first-order valence-corrected chi connectivity index (χ1v) is 5.04. The van der Waals surface area contributed by atoms with E-state index in [1.165, 1.54) is 12.3 Å². The second-order valence-corrected chi connectivity index (χ2v) is 3.62. The zero-order valence-electron chi connectivity index (χ0n) is 9.43. The van der Waals surface area contributed by atoms with Crippen LogP contribution in [0.3, 0.4) is 0 Å². The molecule has 7 nitrogen and oxygen atoms in total. The van der Waals surface area contributed by atoms with Crippen molar-refractivity contribution >= 4 is 17.6 Å². The highest BCUT2D eigenvalue weighted by Gasteiger charge is 2.12. The maximum Gasteiger partial charge on any atom is 0.251 e. The molecule has 1 aromatic rings. The van der Waals surface area contributed by atoms with Crippen molar-refractivity contribution in [3.63, 3.8) is 0 Å². The van der Waals surface area contributed by atoms with Gasteiger partial charge in [0.15, 0.2) is 0 Å². The molecule has 1 atom stereocenters. The van der Waals surface area contributed by atoms with Crippen molar-refractivity contribution < 1.29 is 9.59 Å². The first-order chi connectivity index (χ1) is 8.02. The molecule has 0 aromatic carbocycles. The van der Waals surface area contributed by atoms with Gasteiger partial charge >= 0.3 is 0 Å². The van der Waals surface area contributed by atoms with Gasteiger partial charge < -0.3 is 16.5 Å². The van der Waals surface area contributed by atoms with Crippen molar-refractivity contribution in [3.05, 3.63) is 23.9 Å². The van der Waals surface area contributed by atoms with Gasteiger partial charge in [-0.05, 0) is 19.1 Å². The summed E-state index contributed by atoms with van der Waals surface area (Å²) in [6.45, 7) is 1.70. The Morgan fingerprint density at radius 1 is 1.53 bits per heavy atom. The minimum Gasteiger partial charge on any atom is -0.370 e. The van der Waals surface area contributed by atoms with Gasteiger partial charge in [0.05, 0.1) is 0 Å². The average molecular weight is 237 g/mol. The molecule has 0 fully saturated rings. The minimum absolute atomic E-state index is 0.0961. The number of primary amides is 1. The van der Waals surface area contributed by atoms with Crippen LogP contribution in [0.15, 0.2) is 18.3 Å². The number of carbonyl (C=O) groups excluding carboxylic acids is 2. The molecular formula is C10H15N5O2. The molecule has 1 unspecified atom stereocenters. The summed E-state index contributed by atoms with van der Waals surface area (Å²) in [7, 11) is 0. The number of hydrogen-bond donors (Lipinski definition) is 4. The molecule has 0 saturated carbocycles. The van der Waals surface area contributed by atoms with Crippen LogP contribution < -0.4 is 22.3 Å². The summed E-state index contributed by atoms with van der Waals surface area (Å²) in [4.78, 5) is 26.3. The van der Waals surface area contributed by atoms with Gasteiger partial charge in [-0.3, -0.25) is 9.59 Å². The molecule has 0 radical (unpaired) electrons. The monoisotopic (exact) mass is 237 g/mol. The Morgan fingerprint density at radius 3 is 2.82 bits per heavy atom. The molecule has 6 N–H and O–H groups in total. The molecule has 0 aliphatic carbocycles. The predicted octanol–water partition coefficient (Wildman–Crippen LogP) is -0.639. The fourth-order valence-electron chi connectivity index (χ4n) is 1.31. The van der Waals surface area contributed by atoms with E-state index in [1.54, 1.807) is 13.0 Å². The first kappa shape index (κ1) is 12.9. The van der Waals surface area contributed by atoms with Crippen LogP contribution in [0.25, 0.3) is 0 Å². The van der Waals surface area contributed by atoms with Gasteiger partial charge in [0.2, 0.25) is 5.91 Å². The van der Waals surface area contributed by atoms with Crippen LogP contribution in [0.2, 0.25) is 0 Å². The Balaban J connectivity index is 2.66. The Hall–Kier alpha value is -2.15. The third-order valence-electron chi connectivity index (χ3n) is 2.05. The summed E-state index contributed by atoms with van der Waals surface area (Å²) in [6.07, 6.45) is 1.56. The van der Waals surface area contributed by atoms with Gasteiger partial charge in [-0.25, -0.2) is 10.8 Å². The normalized spacial score (nSPS) is 11.6. The van der Waals surface area contributed by atoms with Crippen LogP contribution in [0.4, 0.5) is 5.82 Å². The Labute approximate surface area is 98.5 Å². The van der Waals surface area contributed by atoms with E-state index in [1.807, 2.05) is 0 Å². The molecule has 0 spiro atoms. The lowest BCUT2D eigenvalue weighted by Gasteiger charge is -2.12. The van der Waals surface area contributed by atoms with Crippen LogP contribution in [-0.4, -0.2) is 22.8 Å². The smallest absolute Gasteiger partial charge is 0.251 e. The molecule has 0 aliphatic heterocycles. The summed E-state index contributed by atoms with van der Waals surface area (Å²) < 4.78 is 0. The summed E-state index contributed by atoms with van der Waals surface area (Å²) in [5.41, 5.74) is 7.78. The molecule has 0 aliphatic rings. The van der Waals surface area contributed by atoms with Gasteiger partial charge in [0.25, 0.3) is 5.91 Å². The molecule has 1 heterocycles. The highest BCUT2D eigenvalue weighted by Crippen LogP contribution is 2.05. The largest absolute Gasteiger partial charge is 0.370 e. The van der Waals surface area contributed by atoms with Gasteiger partial charge in [-0.2, -0.15) is 0 Å². The highest BCUT2D eigenvalue weighted by molar-refractivity contribution is 5.95. The van der Waals surface area contributed by atoms with E-state index in [0.29, 0.717) is 11.4 Å². The van der Waals surface area contributed by atoms with Crippen molar-refractivity contribution in [2.75, 3.05) is 5.43 Å². The molecular weight excluding hydrogens is 222 g/mol. The fourth-order valence-corrected chi connectivity index (χ4v) is 1.31. The molecule has 0 bridgehead atoms. The second-order valence-electron chi connectivity index (χ2n) is 3.62. The summed E-state index contributed by atoms with van der Waals surface area (Å²) >= 11 is 0. The van der Waals surface area contributed by atoms with Gasteiger partial charge in [0.1, 0.15) is 5.82 Å². The van der Waals surface area contributed by atoms with Crippen molar-refractivity contribution in [1.29, 1.82) is 0 Å². The molecule has 0 saturated heterocycles. The summed E-state index contributed by atoms with van der Waals surface area (Å²) in [5.74, 6) is 4.80. The molecule has 2 amide bonds. The van der Waals surface area contributed by atoms with Crippen molar-refractivity contribution in [2.45, 2.75) is 19.4 Å². The average Bonchev–Trinajstić information content (AvgIpc) is 2.27. The molecule has 1 aromatic heterocycles. The SMILES string of the molecule is CC(CC(N)=O)NC(=O)c1ccnc(NN)c1. The summed E-state index contributed by atoms with van der Waals surface area (Å²) in [5, 5.41) is 2.64. The Bertz CT molecular complexity index is 421. The van der Waals surface area contributed by atoms with Crippen molar-refractivity contribution in [3.8, 4) is 0 Å². The zero-order chi connectivity index (χ0) is 12.8.